The van der Waals surface area contributed by atoms with Crippen molar-refractivity contribution in [2.75, 3.05) is 4.72 Å². The van der Waals surface area contributed by atoms with Crippen LogP contribution in [0, 0.1) is 0 Å². The molecule has 0 atom stereocenters. The number of sulfonamides is 1. The second kappa shape index (κ2) is 4.95. The van der Waals surface area contributed by atoms with Gasteiger partial charge in [-0.3, -0.25) is 9.40 Å². The van der Waals surface area contributed by atoms with E-state index in [0.717, 1.165) is 10.7 Å². The van der Waals surface area contributed by atoms with E-state index >= 15 is 0 Å². The van der Waals surface area contributed by atoms with Crippen LogP contribution in [0.2, 0.25) is 0 Å². The summed E-state index contributed by atoms with van der Waals surface area (Å²) in [5, 5.41) is 12.9. The number of aromatic hydroxyl groups is 1. The van der Waals surface area contributed by atoms with Crippen molar-refractivity contribution in [2.24, 2.45) is 7.05 Å². The molecule has 0 aliphatic carbocycles. The molecule has 0 saturated heterocycles. The van der Waals surface area contributed by atoms with Crippen LogP contribution in [-0.4, -0.2) is 23.3 Å². The average molecular weight is 321 g/mol. The van der Waals surface area contributed by atoms with Crippen LogP contribution in [0.4, 0.5) is 18.9 Å². The SMILES string of the molecule is Cn1nccc1S(=O)(=O)Nc1cc(C(F)(F)F)ccc1O. The monoisotopic (exact) mass is 321 g/mol. The van der Waals surface area contributed by atoms with Gasteiger partial charge in [0.15, 0.2) is 5.03 Å². The third-order valence-corrected chi connectivity index (χ3v) is 4.06. The number of hydrogen-bond acceptors (Lipinski definition) is 4. The van der Waals surface area contributed by atoms with Crippen LogP contribution in [0.5, 0.6) is 5.75 Å². The number of nitrogens with zero attached hydrogens (tertiary/aromatic N) is 2. The highest BCUT2D eigenvalue weighted by Crippen LogP contribution is 2.35. The Morgan fingerprint density at radius 3 is 2.48 bits per heavy atom. The summed E-state index contributed by atoms with van der Waals surface area (Å²) in [5.41, 5.74) is -1.64. The van der Waals surface area contributed by atoms with E-state index in [-0.39, 0.29) is 5.03 Å². The van der Waals surface area contributed by atoms with E-state index < -0.39 is 33.2 Å². The van der Waals surface area contributed by atoms with Gasteiger partial charge in [0.25, 0.3) is 10.0 Å². The van der Waals surface area contributed by atoms with Crippen LogP contribution in [-0.2, 0) is 23.2 Å². The molecule has 10 heteroatoms. The molecule has 0 unspecified atom stereocenters. The minimum absolute atomic E-state index is 0.251. The minimum atomic E-state index is -4.65. The highest BCUT2D eigenvalue weighted by molar-refractivity contribution is 7.92. The number of nitrogens with one attached hydrogen (secondary N) is 1. The maximum Gasteiger partial charge on any atom is 0.416 e. The number of phenols is 1. The first-order valence-electron chi connectivity index (χ1n) is 5.52. The number of anilines is 1. The Bertz CT molecular complexity index is 769. The van der Waals surface area contributed by atoms with Crippen LogP contribution < -0.4 is 4.72 Å². The second-order valence-electron chi connectivity index (χ2n) is 4.13. The Morgan fingerprint density at radius 1 is 1.29 bits per heavy atom. The Balaban J connectivity index is 2.42. The molecule has 0 radical (unpaired) electrons. The van der Waals surface area contributed by atoms with Gasteiger partial charge in [-0.05, 0) is 24.3 Å². The van der Waals surface area contributed by atoms with Crippen molar-refractivity contribution >= 4 is 15.7 Å². The number of hydrogen-bond donors (Lipinski definition) is 2. The molecular formula is C11H10F3N3O3S. The van der Waals surface area contributed by atoms with Gasteiger partial charge in [-0.15, -0.1) is 0 Å². The van der Waals surface area contributed by atoms with Crippen LogP contribution in [0.3, 0.4) is 0 Å². The third kappa shape index (κ3) is 3.10. The van der Waals surface area contributed by atoms with Crippen molar-refractivity contribution in [2.45, 2.75) is 11.2 Å². The van der Waals surface area contributed by atoms with Crippen molar-refractivity contribution in [3.05, 3.63) is 36.0 Å². The van der Waals surface area contributed by atoms with Gasteiger partial charge in [0, 0.05) is 7.05 Å². The zero-order valence-electron chi connectivity index (χ0n) is 10.6. The highest BCUT2D eigenvalue weighted by atomic mass is 32.2. The molecule has 0 fully saturated rings. The Kier molecular flexibility index (Phi) is 3.58. The second-order valence-corrected chi connectivity index (χ2v) is 5.76. The standard InChI is InChI=1S/C11H10F3N3O3S/c1-17-10(4-5-15-17)21(19,20)16-8-6-7(11(12,13)14)2-3-9(8)18/h2-6,16,18H,1H3. The van der Waals surface area contributed by atoms with E-state index in [1.54, 1.807) is 0 Å². The number of rotatable bonds is 3. The Morgan fingerprint density at radius 2 is 1.95 bits per heavy atom. The largest absolute Gasteiger partial charge is 0.506 e. The van der Waals surface area contributed by atoms with Crippen molar-refractivity contribution < 1.29 is 26.7 Å². The number of phenolic OH excluding ortho intramolecular Hbond substituents is 1. The number of aryl methyl sites for hydroxylation is 1. The van der Waals surface area contributed by atoms with E-state index in [4.69, 9.17) is 0 Å². The van der Waals surface area contributed by atoms with E-state index in [0.29, 0.717) is 12.1 Å². The molecule has 0 amide bonds. The van der Waals surface area contributed by atoms with Gasteiger partial charge in [0.05, 0.1) is 17.4 Å². The van der Waals surface area contributed by atoms with Gasteiger partial charge in [-0.1, -0.05) is 0 Å². The molecule has 1 aromatic heterocycles. The lowest BCUT2D eigenvalue weighted by atomic mass is 10.2. The van der Waals surface area contributed by atoms with Gasteiger partial charge < -0.3 is 5.11 Å². The summed E-state index contributed by atoms with van der Waals surface area (Å²) in [6.45, 7) is 0. The van der Waals surface area contributed by atoms with Crippen LogP contribution in [0.25, 0.3) is 0 Å². The molecule has 0 saturated carbocycles. The average Bonchev–Trinajstić information content (AvgIpc) is 2.77. The van der Waals surface area contributed by atoms with Crippen molar-refractivity contribution in [3.8, 4) is 5.75 Å². The normalized spacial score (nSPS) is 12.4. The zero-order chi connectivity index (χ0) is 15.8. The number of alkyl halides is 3. The van der Waals surface area contributed by atoms with Gasteiger partial charge in [-0.2, -0.15) is 26.7 Å². The molecule has 0 spiro atoms. The van der Waals surface area contributed by atoms with E-state index in [1.165, 1.54) is 19.3 Å². The van der Waals surface area contributed by atoms with Crippen molar-refractivity contribution in [3.63, 3.8) is 0 Å². The maximum atomic E-state index is 12.6. The molecule has 2 aromatic rings. The molecule has 114 valence electrons. The van der Waals surface area contributed by atoms with Gasteiger partial charge in [0.1, 0.15) is 5.75 Å². The highest BCUT2D eigenvalue weighted by Gasteiger charge is 2.31. The fourth-order valence-electron chi connectivity index (χ4n) is 1.62. The number of halogens is 3. The minimum Gasteiger partial charge on any atom is -0.506 e. The summed E-state index contributed by atoms with van der Waals surface area (Å²) in [6, 6.07) is 3.11. The summed E-state index contributed by atoms with van der Waals surface area (Å²) in [5.74, 6) is -0.617. The molecular weight excluding hydrogens is 311 g/mol. The van der Waals surface area contributed by atoms with Gasteiger partial charge >= 0.3 is 6.18 Å². The number of benzene rings is 1. The van der Waals surface area contributed by atoms with E-state index in [1.807, 2.05) is 4.72 Å². The summed E-state index contributed by atoms with van der Waals surface area (Å²) in [4.78, 5) is 0. The maximum absolute atomic E-state index is 12.6. The quantitative estimate of drug-likeness (QED) is 0.846. The lowest BCUT2D eigenvalue weighted by Crippen LogP contribution is -2.17. The molecule has 1 aromatic carbocycles. The summed E-state index contributed by atoms with van der Waals surface area (Å²) in [7, 11) is -2.80. The van der Waals surface area contributed by atoms with Crippen molar-refractivity contribution in [1.82, 2.24) is 9.78 Å². The molecule has 2 N–H and O–H groups in total. The third-order valence-electron chi connectivity index (χ3n) is 2.62. The molecule has 0 bridgehead atoms. The molecule has 2 rings (SSSR count). The topological polar surface area (TPSA) is 84.2 Å². The Labute approximate surface area is 117 Å². The van der Waals surface area contributed by atoms with Gasteiger partial charge in [0.2, 0.25) is 0 Å². The van der Waals surface area contributed by atoms with Gasteiger partial charge in [-0.25, -0.2) is 0 Å². The summed E-state index contributed by atoms with van der Waals surface area (Å²) < 4.78 is 64.8. The lowest BCUT2D eigenvalue weighted by molar-refractivity contribution is -0.137. The predicted octanol–water partition coefficient (Wildman–Crippen LogP) is 1.95. The fraction of sp³-hybridized carbons (Fsp3) is 0.182. The lowest BCUT2D eigenvalue weighted by Gasteiger charge is -2.12. The van der Waals surface area contributed by atoms with Crippen LogP contribution in [0.15, 0.2) is 35.5 Å². The number of aromatic nitrogens is 2. The first kappa shape index (κ1) is 15.2. The molecule has 0 aliphatic rings. The summed E-state index contributed by atoms with van der Waals surface area (Å²) >= 11 is 0. The molecule has 21 heavy (non-hydrogen) atoms. The first-order valence-corrected chi connectivity index (χ1v) is 7.00. The molecule has 0 aliphatic heterocycles. The smallest absolute Gasteiger partial charge is 0.416 e. The van der Waals surface area contributed by atoms with Crippen LogP contribution in [0.1, 0.15) is 5.56 Å². The summed E-state index contributed by atoms with van der Waals surface area (Å²) in [6.07, 6.45) is -3.43. The first-order chi connectivity index (χ1) is 9.61. The predicted molar refractivity (Wildman–Crippen MR) is 67.1 cm³/mol. The Hall–Kier alpha value is -2.23. The zero-order valence-corrected chi connectivity index (χ0v) is 11.4. The van der Waals surface area contributed by atoms with E-state index in [9.17, 15) is 26.7 Å². The van der Waals surface area contributed by atoms with E-state index in [2.05, 4.69) is 5.10 Å². The molecule has 1 heterocycles. The fourth-order valence-corrected chi connectivity index (χ4v) is 2.81. The van der Waals surface area contributed by atoms with Crippen LogP contribution >= 0.6 is 0 Å². The molecule has 6 nitrogen and oxygen atoms in total. The van der Waals surface area contributed by atoms with Crippen molar-refractivity contribution in [1.29, 1.82) is 0 Å².